The number of benzene rings is 1. The molecule has 2 unspecified atom stereocenters. The van der Waals surface area contributed by atoms with E-state index < -0.39 is 9.84 Å². The van der Waals surface area contributed by atoms with Crippen molar-refractivity contribution in [3.8, 4) is 0 Å². The average molecular weight is 263 g/mol. The highest BCUT2D eigenvalue weighted by Crippen LogP contribution is 2.32. The molecule has 96 valence electrons. The summed E-state index contributed by atoms with van der Waals surface area (Å²) in [6, 6.07) is 6.80. The Morgan fingerprint density at radius 1 is 1.33 bits per heavy atom. The van der Waals surface area contributed by atoms with Crippen molar-refractivity contribution < 1.29 is 8.42 Å². The number of hydrogen-bond donors (Lipinski definition) is 1. The Morgan fingerprint density at radius 3 is 2.89 bits per heavy atom. The van der Waals surface area contributed by atoms with Crippen LogP contribution in [0, 0.1) is 6.92 Å². The molecule has 0 fully saturated rings. The van der Waals surface area contributed by atoms with Gasteiger partial charge in [-0.2, -0.15) is 0 Å². The van der Waals surface area contributed by atoms with Crippen LogP contribution >= 0.6 is 0 Å². The molecule has 4 heteroatoms. The van der Waals surface area contributed by atoms with Gasteiger partial charge in [0.25, 0.3) is 0 Å². The topological polar surface area (TPSA) is 46.2 Å². The van der Waals surface area contributed by atoms with Crippen molar-refractivity contribution in [3.05, 3.63) is 46.4 Å². The van der Waals surface area contributed by atoms with E-state index in [2.05, 4.69) is 30.4 Å². The largest absolute Gasteiger partial charge is 0.303 e. The summed E-state index contributed by atoms with van der Waals surface area (Å²) in [5.41, 5.74) is 3.99. The van der Waals surface area contributed by atoms with Gasteiger partial charge in [-0.25, -0.2) is 8.42 Å². The van der Waals surface area contributed by atoms with Gasteiger partial charge in [-0.05, 0) is 30.9 Å². The molecule has 0 bridgehead atoms. The molecule has 1 N–H and O–H groups in total. The number of nitrogens with one attached hydrogen (secondary N) is 1. The van der Waals surface area contributed by atoms with Gasteiger partial charge in [0.2, 0.25) is 0 Å². The van der Waals surface area contributed by atoms with Crippen LogP contribution in [0.25, 0.3) is 0 Å². The third-order valence-corrected chi connectivity index (χ3v) is 5.12. The van der Waals surface area contributed by atoms with E-state index in [0.29, 0.717) is 6.04 Å². The lowest BCUT2D eigenvalue weighted by Gasteiger charge is -2.18. The Labute approximate surface area is 108 Å². The van der Waals surface area contributed by atoms with E-state index in [4.69, 9.17) is 0 Å². The summed E-state index contributed by atoms with van der Waals surface area (Å²) < 4.78 is 22.8. The number of hydrogen-bond acceptors (Lipinski definition) is 3. The fourth-order valence-corrected chi connectivity index (χ4v) is 4.08. The molecular weight excluding hydrogens is 246 g/mol. The summed E-state index contributed by atoms with van der Waals surface area (Å²) in [7, 11) is -2.97. The molecule has 18 heavy (non-hydrogen) atoms. The molecule has 2 atom stereocenters. The zero-order valence-corrected chi connectivity index (χ0v) is 11.2. The molecule has 0 spiro atoms. The fraction of sp³-hybridized carbons (Fsp3) is 0.429. The molecule has 3 nitrogen and oxygen atoms in total. The SMILES string of the molecule is Cc1ccc2c(c1)C(NC1C=CS(=O)(=O)C1)CC2. The minimum atomic E-state index is -2.97. The van der Waals surface area contributed by atoms with Crippen molar-refractivity contribution in [2.45, 2.75) is 31.8 Å². The summed E-state index contributed by atoms with van der Waals surface area (Å²) in [4.78, 5) is 0. The van der Waals surface area contributed by atoms with Crippen LogP contribution < -0.4 is 5.32 Å². The van der Waals surface area contributed by atoms with Gasteiger partial charge >= 0.3 is 0 Å². The predicted molar refractivity (Wildman–Crippen MR) is 72.1 cm³/mol. The summed E-state index contributed by atoms with van der Waals surface area (Å²) in [6.45, 7) is 2.09. The Kier molecular flexibility index (Phi) is 2.79. The van der Waals surface area contributed by atoms with Gasteiger partial charge in [0.1, 0.15) is 0 Å². The van der Waals surface area contributed by atoms with Gasteiger partial charge in [0.05, 0.1) is 5.75 Å². The fourth-order valence-electron chi connectivity index (χ4n) is 2.83. The average Bonchev–Trinajstić information content (AvgIpc) is 2.84. The van der Waals surface area contributed by atoms with Crippen LogP contribution in [0.15, 0.2) is 29.7 Å². The maximum atomic E-state index is 11.4. The van der Waals surface area contributed by atoms with Crippen LogP contribution in [0.4, 0.5) is 0 Å². The zero-order valence-electron chi connectivity index (χ0n) is 10.4. The molecule has 1 aliphatic heterocycles. The lowest BCUT2D eigenvalue weighted by Crippen LogP contribution is -2.32. The molecule has 1 aliphatic carbocycles. The van der Waals surface area contributed by atoms with E-state index in [0.717, 1.165) is 12.8 Å². The Balaban J connectivity index is 1.78. The van der Waals surface area contributed by atoms with Crippen LogP contribution in [-0.4, -0.2) is 20.2 Å². The van der Waals surface area contributed by atoms with Crippen LogP contribution in [0.3, 0.4) is 0 Å². The second kappa shape index (κ2) is 4.21. The number of sulfone groups is 1. The smallest absolute Gasteiger partial charge is 0.173 e. The van der Waals surface area contributed by atoms with E-state index in [1.54, 1.807) is 6.08 Å². The molecular formula is C14H17NO2S. The molecule has 0 amide bonds. The van der Waals surface area contributed by atoms with Crippen molar-refractivity contribution in [2.75, 3.05) is 5.75 Å². The number of fused-ring (bicyclic) bond motifs is 1. The summed E-state index contributed by atoms with van der Waals surface area (Å²) >= 11 is 0. The van der Waals surface area contributed by atoms with Crippen molar-refractivity contribution in [2.24, 2.45) is 0 Å². The number of aryl methyl sites for hydroxylation is 2. The highest BCUT2D eigenvalue weighted by Gasteiger charge is 2.28. The first kappa shape index (κ1) is 11.9. The Morgan fingerprint density at radius 2 is 2.17 bits per heavy atom. The van der Waals surface area contributed by atoms with Crippen molar-refractivity contribution in [3.63, 3.8) is 0 Å². The first-order valence-electron chi connectivity index (χ1n) is 6.30. The lowest BCUT2D eigenvalue weighted by atomic mass is 10.0. The summed E-state index contributed by atoms with van der Waals surface area (Å²) in [5.74, 6) is 0.199. The molecule has 1 aromatic rings. The highest BCUT2D eigenvalue weighted by molar-refractivity contribution is 7.94. The second-order valence-electron chi connectivity index (χ2n) is 5.22. The van der Waals surface area contributed by atoms with Gasteiger partial charge in [-0.15, -0.1) is 0 Å². The minimum absolute atomic E-state index is 0.0357. The van der Waals surface area contributed by atoms with Crippen LogP contribution in [-0.2, 0) is 16.3 Å². The molecule has 3 rings (SSSR count). The van der Waals surface area contributed by atoms with Crippen LogP contribution in [0.1, 0.15) is 29.2 Å². The maximum Gasteiger partial charge on any atom is 0.173 e. The van der Waals surface area contributed by atoms with Crippen LogP contribution in [0.5, 0.6) is 0 Å². The zero-order chi connectivity index (χ0) is 12.8. The Bertz CT molecular complexity index is 604. The summed E-state index contributed by atoms with van der Waals surface area (Å²) in [6.07, 6.45) is 3.91. The predicted octanol–water partition coefficient (Wildman–Crippen LogP) is 1.88. The normalized spacial score (nSPS) is 28.5. The van der Waals surface area contributed by atoms with Gasteiger partial charge in [0.15, 0.2) is 9.84 Å². The monoisotopic (exact) mass is 263 g/mol. The van der Waals surface area contributed by atoms with Gasteiger partial charge < -0.3 is 5.32 Å². The first-order chi connectivity index (χ1) is 8.53. The van der Waals surface area contributed by atoms with E-state index in [9.17, 15) is 8.42 Å². The molecule has 0 aromatic heterocycles. The van der Waals surface area contributed by atoms with E-state index in [1.807, 2.05) is 0 Å². The van der Waals surface area contributed by atoms with Crippen LogP contribution in [0.2, 0.25) is 0 Å². The third-order valence-electron chi connectivity index (χ3n) is 3.72. The second-order valence-corrected chi connectivity index (χ2v) is 7.16. The standard InChI is InChI=1S/C14H17NO2S/c1-10-2-3-11-4-5-14(13(11)8-10)15-12-6-7-18(16,17)9-12/h2-3,6-8,12,14-15H,4-5,9H2,1H3. The minimum Gasteiger partial charge on any atom is -0.303 e. The van der Waals surface area contributed by atoms with E-state index >= 15 is 0 Å². The van der Waals surface area contributed by atoms with Crippen molar-refractivity contribution in [1.82, 2.24) is 5.32 Å². The lowest BCUT2D eigenvalue weighted by molar-refractivity contribution is 0.501. The highest BCUT2D eigenvalue weighted by atomic mass is 32.2. The number of rotatable bonds is 2. The molecule has 0 saturated heterocycles. The molecule has 0 saturated carbocycles. The molecule has 1 heterocycles. The van der Waals surface area contributed by atoms with Gasteiger partial charge in [0, 0.05) is 17.5 Å². The maximum absolute atomic E-state index is 11.4. The quantitative estimate of drug-likeness (QED) is 0.886. The van der Waals surface area contributed by atoms with Crippen molar-refractivity contribution >= 4 is 9.84 Å². The third kappa shape index (κ3) is 2.22. The van der Waals surface area contributed by atoms with E-state index in [-0.39, 0.29) is 11.8 Å². The molecule has 2 aliphatic rings. The molecule has 0 radical (unpaired) electrons. The molecule has 1 aromatic carbocycles. The van der Waals surface area contributed by atoms with Gasteiger partial charge in [-0.3, -0.25) is 0 Å². The first-order valence-corrected chi connectivity index (χ1v) is 8.01. The Hall–Kier alpha value is -1.13. The summed E-state index contributed by atoms with van der Waals surface area (Å²) in [5, 5.41) is 4.78. The van der Waals surface area contributed by atoms with Crippen molar-refractivity contribution in [1.29, 1.82) is 0 Å². The van der Waals surface area contributed by atoms with Gasteiger partial charge in [-0.1, -0.05) is 29.8 Å². The van der Waals surface area contributed by atoms with E-state index in [1.165, 1.54) is 22.1 Å².